The Morgan fingerprint density at radius 2 is 1.75 bits per heavy atom. The fourth-order valence-corrected chi connectivity index (χ4v) is 5.80. The maximum Gasteiger partial charge on any atom is 0.131 e. The summed E-state index contributed by atoms with van der Waals surface area (Å²) < 4.78 is 34.3. The van der Waals surface area contributed by atoms with Gasteiger partial charge in [0.15, 0.2) is 0 Å². The number of hydrogen-bond donors (Lipinski definition) is 1. The molecule has 0 saturated carbocycles. The van der Waals surface area contributed by atoms with Crippen LogP contribution < -0.4 is 0 Å². The minimum absolute atomic E-state index is 0.00518. The zero-order valence-corrected chi connectivity index (χ0v) is 19.8. The van der Waals surface area contributed by atoms with Gasteiger partial charge >= 0.3 is 0 Å². The average molecular weight is 444 g/mol. The number of rotatable bonds is 6. The summed E-state index contributed by atoms with van der Waals surface area (Å²) in [6, 6.07) is 10.1. The first-order valence-corrected chi connectivity index (χ1v) is 11.7. The second-order valence-electron chi connectivity index (χ2n) is 10.6. The van der Waals surface area contributed by atoms with Crippen molar-refractivity contribution in [3.63, 3.8) is 0 Å². The molecule has 3 atom stereocenters. The Kier molecular flexibility index (Phi) is 6.10. The molecule has 0 spiro atoms. The summed E-state index contributed by atoms with van der Waals surface area (Å²) in [7, 11) is 0. The zero-order chi connectivity index (χ0) is 23.3. The topological polar surface area (TPSA) is 32.7 Å². The molecule has 1 heterocycles. The van der Waals surface area contributed by atoms with Crippen molar-refractivity contribution in [1.82, 2.24) is 4.90 Å². The molecule has 3 nitrogen and oxygen atoms in total. The summed E-state index contributed by atoms with van der Waals surface area (Å²) in [6.07, 6.45) is 1.62. The summed E-state index contributed by atoms with van der Waals surface area (Å²) in [6.45, 7) is 12.7. The second kappa shape index (κ2) is 8.42. The van der Waals surface area contributed by atoms with Crippen molar-refractivity contribution in [2.75, 3.05) is 13.1 Å². The predicted molar refractivity (Wildman–Crippen MR) is 123 cm³/mol. The van der Waals surface area contributed by atoms with Crippen LogP contribution in [0.15, 0.2) is 36.4 Å². The van der Waals surface area contributed by atoms with E-state index in [0.29, 0.717) is 12.3 Å². The van der Waals surface area contributed by atoms with Gasteiger partial charge in [0.1, 0.15) is 17.4 Å². The SMILES string of the molecule is CC(C)C(CN1CCC2(C)c3cccc(O)c3CC1C2(C)C)OCc1c(F)cccc1F. The first kappa shape index (κ1) is 23.2. The first-order valence-electron chi connectivity index (χ1n) is 11.7. The van der Waals surface area contributed by atoms with Crippen LogP contribution in [0.25, 0.3) is 0 Å². The maximum atomic E-state index is 14.1. The first-order chi connectivity index (χ1) is 15.1. The van der Waals surface area contributed by atoms with E-state index in [4.69, 9.17) is 4.74 Å². The van der Waals surface area contributed by atoms with Gasteiger partial charge in [-0.1, -0.05) is 52.8 Å². The Bertz CT molecular complexity index is 969. The van der Waals surface area contributed by atoms with Crippen molar-refractivity contribution in [3.05, 3.63) is 64.7 Å². The summed E-state index contributed by atoms with van der Waals surface area (Å²) in [5, 5.41) is 10.6. The van der Waals surface area contributed by atoms with Crippen LogP contribution in [0.4, 0.5) is 8.78 Å². The summed E-state index contributed by atoms with van der Waals surface area (Å²) >= 11 is 0. The van der Waals surface area contributed by atoms with Crippen LogP contribution in [-0.2, 0) is 23.2 Å². The van der Waals surface area contributed by atoms with E-state index in [2.05, 4.69) is 45.6 Å². The fourth-order valence-electron chi connectivity index (χ4n) is 5.80. The van der Waals surface area contributed by atoms with Gasteiger partial charge in [-0.15, -0.1) is 0 Å². The van der Waals surface area contributed by atoms with Gasteiger partial charge in [-0.25, -0.2) is 8.78 Å². The Balaban J connectivity index is 1.57. The second-order valence-corrected chi connectivity index (χ2v) is 10.6. The minimum atomic E-state index is -0.568. The fraction of sp³-hybridized carbons (Fsp3) is 0.556. The van der Waals surface area contributed by atoms with E-state index in [1.807, 2.05) is 6.07 Å². The number of benzene rings is 2. The van der Waals surface area contributed by atoms with E-state index in [9.17, 15) is 13.9 Å². The molecule has 3 unspecified atom stereocenters. The molecule has 1 N–H and O–H groups in total. The molecule has 2 bridgehead atoms. The zero-order valence-electron chi connectivity index (χ0n) is 19.8. The van der Waals surface area contributed by atoms with E-state index < -0.39 is 11.6 Å². The number of aromatic hydroxyl groups is 1. The molecule has 2 aromatic rings. The van der Waals surface area contributed by atoms with Gasteiger partial charge in [-0.2, -0.15) is 0 Å². The number of nitrogens with zero attached hydrogens (tertiary/aromatic N) is 1. The predicted octanol–water partition coefficient (Wildman–Crippen LogP) is 5.83. The molecular weight excluding hydrogens is 408 g/mol. The largest absolute Gasteiger partial charge is 0.508 e. The Morgan fingerprint density at radius 1 is 1.09 bits per heavy atom. The number of halogens is 2. The number of hydrogen-bond acceptors (Lipinski definition) is 3. The molecule has 1 fully saturated rings. The van der Waals surface area contributed by atoms with Crippen LogP contribution in [-0.4, -0.2) is 35.2 Å². The molecular formula is C27H35F2NO2. The van der Waals surface area contributed by atoms with E-state index in [0.717, 1.165) is 24.9 Å². The van der Waals surface area contributed by atoms with Gasteiger partial charge in [0.25, 0.3) is 0 Å². The lowest BCUT2D eigenvalue weighted by atomic mass is 9.51. The molecule has 1 saturated heterocycles. The van der Waals surface area contributed by atoms with Crippen LogP contribution in [0.5, 0.6) is 5.75 Å². The standard InChI is InChI=1S/C27H35F2NO2/c1-17(2)24(32-16-19-21(28)9-7-10-22(19)29)15-30-13-12-27(5)20-8-6-11-23(31)18(20)14-25(30)26(27,3)4/h6-11,17,24-25,31H,12-16H2,1-5H3. The quantitative estimate of drug-likeness (QED) is 0.610. The van der Waals surface area contributed by atoms with Gasteiger partial charge in [0.2, 0.25) is 0 Å². The molecule has 32 heavy (non-hydrogen) atoms. The van der Waals surface area contributed by atoms with E-state index in [-0.39, 0.29) is 41.1 Å². The van der Waals surface area contributed by atoms with E-state index in [1.54, 1.807) is 6.07 Å². The van der Waals surface area contributed by atoms with Crippen molar-refractivity contribution < 1.29 is 18.6 Å². The van der Waals surface area contributed by atoms with Crippen LogP contribution in [0.2, 0.25) is 0 Å². The van der Waals surface area contributed by atoms with E-state index >= 15 is 0 Å². The molecule has 2 aromatic carbocycles. The summed E-state index contributed by atoms with van der Waals surface area (Å²) in [5.41, 5.74) is 2.29. The molecule has 5 heteroatoms. The molecule has 1 aliphatic carbocycles. The number of ether oxygens (including phenoxy) is 1. The number of phenols is 1. The Labute approximate surface area is 190 Å². The van der Waals surface area contributed by atoms with Crippen molar-refractivity contribution >= 4 is 0 Å². The third-order valence-electron chi connectivity index (χ3n) is 8.40. The third-order valence-corrected chi connectivity index (χ3v) is 8.40. The van der Waals surface area contributed by atoms with Crippen LogP contribution >= 0.6 is 0 Å². The number of piperidine rings is 1. The van der Waals surface area contributed by atoms with Gasteiger partial charge in [-0.3, -0.25) is 4.90 Å². The lowest BCUT2D eigenvalue weighted by Gasteiger charge is -2.61. The highest BCUT2D eigenvalue weighted by Gasteiger charge is 2.56. The highest BCUT2D eigenvalue weighted by molar-refractivity contribution is 5.48. The van der Waals surface area contributed by atoms with Crippen LogP contribution in [0.3, 0.4) is 0 Å². The van der Waals surface area contributed by atoms with Crippen molar-refractivity contribution in [3.8, 4) is 5.75 Å². The van der Waals surface area contributed by atoms with Gasteiger partial charge in [-0.05, 0) is 60.0 Å². The number of likely N-dealkylation sites (tertiary alicyclic amines) is 1. The van der Waals surface area contributed by atoms with Crippen molar-refractivity contribution in [2.45, 2.75) is 71.6 Å². The average Bonchev–Trinajstić information content (AvgIpc) is 2.71. The maximum absolute atomic E-state index is 14.1. The molecule has 2 aliphatic rings. The number of fused-ring (bicyclic) bond motifs is 4. The Hall–Kier alpha value is -1.98. The molecule has 1 aliphatic heterocycles. The highest BCUT2D eigenvalue weighted by Crippen LogP contribution is 2.57. The molecule has 4 rings (SSSR count). The molecule has 0 amide bonds. The van der Waals surface area contributed by atoms with Gasteiger partial charge < -0.3 is 9.84 Å². The summed E-state index contributed by atoms with van der Waals surface area (Å²) in [4.78, 5) is 2.47. The Morgan fingerprint density at radius 3 is 2.41 bits per heavy atom. The van der Waals surface area contributed by atoms with E-state index in [1.165, 1.54) is 23.8 Å². The highest BCUT2D eigenvalue weighted by atomic mass is 19.1. The summed E-state index contributed by atoms with van der Waals surface area (Å²) in [5.74, 6) is -0.559. The minimum Gasteiger partial charge on any atom is -0.508 e. The third kappa shape index (κ3) is 3.73. The lowest BCUT2D eigenvalue weighted by molar-refractivity contribution is -0.0787. The number of phenolic OH excluding ortho intramolecular Hbond substituents is 1. The van der Waals surface area contributed by atoms with Crippen molar-refractivity contribution in [1.29, 1.82) is 0 Å². The van der Waals surface area contributed by atoms with Crippen LogP contribution in [0.1, 0.15) is 57.7 Å². The molecule has 0 radical (unpaired) electrons. The van der Waals surface area contributed by atoms with Gasteiger partial charge in [0.05, 0.1) is 12.7 Å². The van der Waals surface area contributed by atoms with Gasteiger partial charge in [0, 0.05) is 23.6 Å². The van der Waals surface area contributed by atoms with Crippen molar-refractivity contribution in [2.24, 2.45) is 11.3 Å². The monoisotopic (exact) mass is 443 g/mol. The van der Waals surface area contributed by atoms with Crippen LogP contribution in [0, 0.1) is 23.0 Å². The normalized spacial score (nSPS) is 25.6. The molecule has 0 aromatic heterocycles. The molecule has 174 valence electrons. The smallest absolute Gasteiger partial charge is 0.131 e. The lowest BCUT2D eigenvalue weighted by Crippen LogP contribution is -2.64.